The summed E-state index contributed by atoms with van der Waals surface area (Å²) in [5.74, 6) is -1.01. The molecule has 0 aliphatic heterocycles. The van der Waals surface area contributed by atoms with E-state index in [1.54, 1.807) is 0 Å². The Morgan fingerprint density at radius 3 is 2.85 bits per heavy atom. The predicted molar refractivity (Wildman–Crippen MR) is 92.9 cm³/mol. The topological polar surface area (TPSA) is 128 Å². The third kappa shape index (κ3) is 2.69. The molecule has 3 aromatic heterocycles. The predicted octanol–water partition coefficient (Wildman–Crippen LogP) is 0.422. The Balaban J connectivity index is 1.64. The van der Waals surface area contributed by atoms with Gasteiger partial charge >= 0.3 is 11.7 Å². The Morgan fingerprint density at radius 1 is 1.30 bits per heavy atom. The van der Waals surface area contributed by atoms with E-state index in [-0.39, 0.29) is 34.7 Å². The third-order valence-electron chi connectivity index (χ3n) is 4.17. The van der Waals surface area contributed by atoms with Gasteiger partial charge in [0.1, 0.15) is 16.7 Å². The Bertz CT molecular complexity index is 1330. The Morgan fingerprint density at radius 2 is 2.07 bits per heavy atom. The van der Waals surface area contributed by atoms with Crippen LogP contribution < -0.4 is 16.6 Å². The molecule has 1 amide bonds. The highest BCUT2D eigenvalue weighted by Gasteiger charge is 2.19. The minimum atomic E-state index is -0.554. The maximum Gasteiger partial charge on any atom is 0.332 e. The van der Waals surface area contributed by atoms with Gasteiger partial charge in [0.25, 0.3) is 5.56 Å². The first-order valence-corrected chi connectivity index (χ1v) is 7.84. The second-order valence-electron chi connectivity index (χ2n) is 5.96. The van der Waals surface area contributed by atoms with E-state index < -0.39 is 23.0 Å². The smallest absolute Gasteiger partial charge is 0.332 e. The van der Waals surface area contributed by atoms with Gasteiger partial charge in [-0.1, -0.05) is 0 Å². The fourth-order valence-corrected chi connectivity index (χ4v) is 2.81. The van der Waals surface area contributed by atoms with Crippen LogP contribution in [-0.2, 0) is 25.3 Å². The van der Waals surface area contributed by atoms with Crippen LogP contribution in [0.4, 0.5) is 10.4 Å². The van der Waals surface area contributed by atoms with Crippen molar-refractivity contribution in [3.8, 4) is 0 Å². The molecule has 0 saturated heterocycles. The SMILES string of the molecule is Cn1c(=O)c2c(CC(=O)Nc3nc4ccc(F)cc4o3)[nH]nc2n(C)c1=O. The lowest BCUT2D eigenvalue weighted by Gasteiger charge is -2.03. The van der Waals surface area contributed by atoms with Gasteiger partial charge in [-0.2, -0.15) is 10.1 Å². The lowest BCUT2D eigenvalue weighted by molar-refractivity contribution is -0.115. The van der Waals surface area contributed by atoms with E-state index in [0.29, 0.717) is 5.52 Å². The second kappa shape index (κ2) is 5.90. The van der Waals surface area contributed by atoms with E-state index >= 15 is 0 Å². The second-order valence-corrected chi connectivity index (χ2v) is 5.96. The number of benzene rings is 1. The molecule has 0 atom stereocenters. The highest BCUT2D eigenvalue weighted by atomic mass is 19.1. The number of H-pyrrole nitrogens is 1. The normalized spacial score (nSPS) is 11.4. The molecule has 3 heterocycles. The first kappa shape index (κ1) is 16.7. The van der Waals surface area contributed by atoms with Gasteiger partial charge in [0.05, 0.1) is 12.1 Å². The number of anilines is 1. The van der Waals surface area contributed by atoms with Gasteiger partial charge in [-0.05, 0) is 12.1 Å². The van der Waals surface area contributed by atoms with Crippen LogP contribution in [0.1, 0.15) is 5.69 Å². The summed E-state index contributed by atoms with van der Waals surface area (Å²) >= 11 is 0. The fraction of sp³-hybridized carbons (Fsp3) is 0.188. The molecule has 1 aromatic carbocycles. The summed E-state index contributed by atoms with van der Waals surface area (Å²) in [5.41, 5.74) is -0.0801. The highest BCUT2D eigenvalue weighted by molar-refractivity contribution is 5.93. The molecule has 11 heteroatoms. The van der Waals surface area contributed by atoms with Gasteiger partial charge in [-0.15, -0.1) is 0 Å². The molecule has 0 spiro atoms. The van der Waals surface area contributed by atoms with Crippen LogP contribution in [0.25, 0.3) is 22.1 Å². The molecule has 0 bridgehead atoms. The molecule has 0 unspecified atom stereocenters. The van der Waals surface area contributed by atoms with Crippen molar-refractivity contribution in [1.29, 1.82) is 0 Å². The number of aryl methyl sites for hydroxylation is 1. The monoisotopic (exact) mass is 372 g/mol. The van der Waals surface area contributed by atoms with Crippen molar-refractivity contribution >= 4 is 34.1 Å². The standard InChI is InChI=1S/C16H13FN6O4/c1-22-13-12(14(25)23(2)16(22)26)9(20-21-13)6-11(24)19-15-18-8-4-3-7(17)5-10(8)27-15/h3-5H,6H2,1-2H3,(H,20,21)(H,18,19,24). The molecular weight excluding hydrogens is 359 g/mol. The zero-order chi connectivity index (χ0) is 19.3. The number of aromatic amines is 1. The number of amides is 1. The van der Waals surface area contributed by atoms with Crippen molar-refractivity contribution in [1.82, 2.24) is 24.3 Å². The number of hydrogen-bond acceptors (Lipinski definition) is 6. The van der Waals surface area contributed by atoms with Crippen LogP contribution in [0.5, 0.6) is 0 Å². The zero-order valence-corrected chi connectivity index (χ0v) is 14.2. The van der Waals surface area contributed by atoms with Crippen molar-refractivity contribution in [2.45, 2.75) is 6.42 Å². The molecule has 4 rings (SSSR count). The highest BCUT2D eigenvalue weighted by Crippen LogP contribution is 2.20. The lowest BCUT2D eigenvalue weighted by atomic mass is 10.2. The Hall–Kier alpha value is -3.76. The first-order valence-electron chi connectivity index (χ1n) is 7.84. The van der Waals surface area contributed by atoms with Crippen LogP contribution in [-0.4, -0.2) is 30.2 Å². The summed E-state index contributed by atoms with van der Waals surface area (Å²) in [6.45, 7) is 0. The zero-order valence-electron chi connectivity index (χ0n) is 14.2. The largest absolute Gasteiger partial charge is 0.423 e. The van der Waals surface area contributed by atoms with E-state index in [1.807, 2.05) is 0 Å². The van der Waals surface area contributed by atoms with Gasteiger partial charge in [0, 0.05) is 20.2 Å². The maximum atomic E-state index is 13.2. The van der Waals surface area contributed by atoms with Gasteiger partial charge in [0.2, 0.25) is 5.91 Å². The van der Waals surface area contributed by atoms with E-state index in [2.05, 4.69) is 20.5 Å². The Labute approximate surface area is 149 Å². The summed E-state index contributed by atoms with van der Waals surface area (Å²) in [6.07, 6.45) is -0.225. The Kier molecular flexibility index (Phi) is 3.65. The minimum absolute atomic E-state index is 0.0928. The number of fused-ring (bicyclic) bond motifs is 2. The molecule has 2 N–H and O–H groups in total. The van der Waals surface area contributed by atoms with Crippen LogP contribution in [0.2, 0.25) is 0 Å². The molecule has 10 nitrogen and oxygen atoms in total. The van der Waals surface area contributed by atoms with Gasteiger partial charge in [-0.25, -0.2) is 9.18 Å². The molecule has 0 aliphatic rings. The lowest BCUT2D eigenvalue weighted by Crippen LogP contribution is -2.37. The van der Waals surface area contributed by atoms with Gasteiger partial charge < -0.3 is 4.42 Å². The summed E-state index contributed by atoms with van der Waals surface area (Å²) < 4.78 is 20.6. The number of rotatable bonds is 3. The molecule has 0 radical (unpaired) electrons. The summed E-state index contributed by atoms with van der Waals surface area (Å²) in [4.78, 5) is 40.6. The molecule has 0 aliphatic carbocycles. The molecule has 27 heavy (non-hydrogen) atoms. The van der Waals surface area contributed by atoms with E-state index in [1.165, 1.54) is 30.8 Å². The van der Waals surface area contributed by atoms with Gasteiger partial charge in [-0.3, -0.25) is 29.1 Å². The van der Waals surface area contributed by atoms with E-state index in [9.17, 15) is 18.8 Å². The maximum absolute atomic E-state index is 13.2. The average molecular weight is 372 g/mol. The quantitative estimate of drug-likeness (QED) is 0.536. The number of carbonyl (C=O) groups excluding carboxylic acids is 1. The number of aromatic nitrogens is 5. The third-order valence-corrected chi connectivity index (χ3v) is 4.17. The molecule has 0 fully saturated rings. The first-order chi connectivity index (χ1) is 12.8. The van der Waals surface area contributed by atoms with Crippen LogP contribution in [0.3, 0.4) is 0 Å². The summed E-state index contributed by atoms with van der Waals surface area (Å²) in [6, 6.07) is 3.72. The molecular formula is C16H13FN6O4. The van der Waals surface area contributed by atoms with Crippen molar-refractivity contribution in [2.24, 2.45) is 14.1 Å². The average Bonchev–Trinajstić information content (AvgIpc) is 3.21. The summed E-state index contributed by atoms with van der Waals surface area (Å²) in [7, 11) is 2.82. The number of carbonyl (C=O) groups is 1. The summed E-state index contributed by atoms with van der Waals surface area (Å²) in [5, 5.41) is 9.16. The van der Waals surface area contributed by atoms with E-state index in [4.69, 9.17) is 4.42 Å². The number of hydrogen-bond donors (Lipinski definition) is 2. The van der Waals surface area contributed by atoms with Gasteiger partial charge in [0.15, 0.2) is 11.2 Å². The van der Waals surface area contributed by atoms with Crippen LogP contribution in [0, 0.1) is 5.82 Å². The number of nitrogens with one attached hydrogen (secondary N) is 2. The van der Waals surface area contributed by atoms with Crippen molar-refractivity contribution < 1.29 is 13.6 Å². The van der Waals surface area contributed by atoms with Crippen LogP contribution >= 0.6 is 0 Å². The minimum Gasteiger partial charge on any atom is -0.423 e. The van der Waals surface area contributed by atoms with Crippen LogP contribution in [0.15, 0.2) is 32.2 Å². The van der Waals surface area contributed by atoms with Crippen molar-refractivity contribution in [2.75, 3.05) is 5.32 Å². The number of nitrogens with zero attached hydrogens (tertiary/aromatic N) is 4. The molecule has 0 saturated carbocycles. The fourth-order valence-electron chi connectivity index (χ4n) is 2.81. The van der Waals surface area contributed by atoms with Crippen molar-refractivity contribution in [3.05, 3.63) is 50.5 Å². The van der Waals surface area contributed by atoms with E-state index in [0.717, 1.165) is 10.6 Å². The van der Waals surface area contributed by atoms with Crippen molar-refractivity contribution in [3.63, 3.8) is 0 Å². The molecule has 4 aromatic rings. The number of halogens is 1. The molecule has 138 valence electrons. The number of oxazole rings is 1.